The second-order valence-corrected chi connectivity index (χ2v) is 4.08. The van der Waals surface area contributed by atoms with Crippen molar-refractivity contribution >= 4 is 0 Å². The van der Waals surface area contributed by atoms with Crippen molar-refractivity contribution in [3.63, 3.8) is 0 Å². The maximum Gasteiger partial charge on any atom is 0.0594 e. The van der Waals surface area contributed by atoms with E-state index in [0.29, 0.717) is 5.92 Å². The summed E-state index contributed by atoms with van der Waals surface area (Å²) in [7, 11) is 0. The number of ether oxygens (including phenoxy) is 1. The molecular weight excluding hydrogens is 188 g/mol. The smallest absolute Gasteiger partial charge is 0.0594 e. The molecule has 1 fully saturated rings. The first-order chi connectivity index (χ1) is 7.33. The molecule has 1 aliphatic heterocycles. The minimum Gasteiger partial charge on any atom is -0.378 e. The van der Waals surface area contributed by atoms with E-state index < -0.39 is 0 Å². The van der Waals surface area contributed by atoms with E-state index in [1.165, 1.54) is 5.56 Å². The quantitative estimate of drug-likeness (QED) is 0.583. The number of nitrogens with two attached hydrogens (primary N) is 1. The van der Waals surface area contributed by atoms with Crippen LogP contribution in [0.1, 0.15) is 24.9 Å². The lowest BCUT2D eigenvalue weighted by atomic mass is 9.89. The zero-order chi connectivity index (χ0) is 10.7. The van der Waals surface area contributed by atoms with Crippen molar-refractivity contribution in [2.45, 2.75) is 25.5 Å². The van der Waals surface area contributed by atoms with E-state index >= 15 is 0 Å². The Labute approximate surface area is 90.6 Å². The summed E-state index contributed by atoms with van der Waals surface area (Å²) in [5.74, 6) is 6.11. The largest absolute Gasteiger partial charge is 0.378 e. The fraction of sp³-hybridized carbons (Fsp3) is 0.500. The van der Waals surface area contributed by atoms with Gasteiger partial charge in [0.2, 0.25) is 0 Å². The van der Waals surface area contributed by atoms with E-state index in [2.05, 4.69) is 24.5 Å². The standard InChI is InChI=1S/C12H18N2O/c1-9-11(7-8-15-9)12(14-13)10-5-3-2-4-6-10/h2-6,9,11-12,14H,7-8,13H2,1H3. The number of rotatable bonds is 3. The molecule has 0 bridgehead atoms. The SMILES string of the molecule is CC1OCCC1C(NN)c1ccccc1. The minimum absolute atomic E-state index is 0.198. The summed E-state index contributed by atoms with van der Waals surface area (Å²) in [6.07, 6.45) is 1.36. The number of nitrogens with one attached hydrogen (secondary N) is 1. The van der Waals surface area contributed by atoms with Crippen molar-refractivity contribution in [3.8, 4) is 0 Å². The highest BCUT2D eigenvalue weighted by atomic mass is 16.5. The van der Waals surface area contributed by atoms with Gasteiger partial charge in [-0.25, -0.2) is 0 Å². The predicted molar refractivity (Wildman–Crippen MR) is 60.0 cm³/mol. The molecular formula is C12H18N2O. The third kappa shape index (κ3) is 2.20. The van der Waals surface area contributed by atoms with Crippen molar-refractivity contribution in [2.24, 2.45) is 11.8 Å². The summed E-state index contributed by atoms with van der Waals surface area (Å²) < 4.78 is 5.57. The highest BCUT2D eigenvalue weighted by Crippen LogP contribution is 2.32. The molecule has 0 spiro atoms. The molecule has 0 aromatic heterocycles. The van der Waals surface area contributed by atoms with Gasteiger partial charge in [-0.2, -0.15) is 0 Å². The van der Waals surface area contributed by atoms with Gasteiger partial charge in [0.15, 0.2) is 0 Å². The summed E-state index contributed by atoms with van der Waals surface area (Å²) >= 11 is 0. The van der Waals surface area contributed by atoms with Crippen LogP contribution in [0.4, 0.5) is 0 Å². The second-order valence-electron chi connectivity index (χ2n) is 4.08. The van der Waals surface area contributed by atoms with Gasteiger partial charge in [0.25, 0.3) is 0 Å². The average Bonchev–Trinajstić information content (AvgIpc) is 2.68. The van der Waals surface area contributed by atoms with Crippen LogP contribution in [-0.2, 0) is 4.74 Å². The van der Waals surface area contributed by atoms with Gasteiger partial charge < -0.3 is 4.74 Å². The normalized spacial score (nSPS) is 27.9. The van der Waals surface area contributed by atoms with Crippen LogP contribution in [0.5, 0.6) is 0 Å². The molecule has 0 amide bonds. The van der Waals surface area contributed by atoms with Crippen LogP contribution in [0.15, 0.2) is 30.3 Å². The van der Waals surface area contributed by atoms with E-state index in [4.69, 9.17) is 10.6 Å². The molecule has 1 saturated heterocycles. The Morgan fingerprint density at radius 3 is 2.67 bits per heavy atom. The molecule has 0 saturated carbocycles. The lowest BCUT2D eigenvalue weighted by molar-refractivity contribution is 0.0954. The molecule has 1 aromatic carbocycles. The van der Waals surface area contributed by atoms with Gasteiger partial charge in [-0.1, -0.05) is 30.3 Å². The Bertz CT molecular complexity index is 302. The first-order valence-corrected chi connectivity index (χ1v) is 5.45. The van der Waals surface area contributed by atoms with Gasteiger partial charge in [-0.05, 0) is 18.9 Å². The van der Waals surface area contributed by atoms with Gasteiger partial charge in [0.1, 0.15) is 0 Å². The molecule has 3 N–H and O–H groups in total. The maximum absolute atomic E-state index is 5.64. The van der Waals surface area contributed by atoms with E-state index in [9.17, 15) is 0 Å². The molecule has 3 atom stereocenters. The van der Waals surface area contributed by atoms with E-state index in [1.807, 2.05) is 18.2 Å². The number of benzene rings is 1. The summed E-state index contributed by atoms with van der Waals surface area (Å²) in [6.45, 7) is 2.96. The molecule has 82 valence electrons. The topological polar surface area (TPSA) is 47.3 Å². The van der Waals surface area contributed by atoms with Gasteiger partial charge >= 0.3 is 0 Å². The number of hydrogen-bond donors (Lipinski definition) is 2. The molecule has 1 heterocycles. The summed E-state index contributed by atoms with van der Waals surface area (Å²) in [4.78, 5) is 0. The predicted octanol–water partition coefficient (Wildman–Crippen LogP) is 1.62. The van der Waals surface area contributed by atoms with Crippen LogP contribution < -0.4 is 11.3 Å². The Hall–Kier alpha value is -0.900. The molecule has 0 radical (unpaired) electrons. The van der Waals surface area contributed by atoms with Crippen molar-refractivity contribution < 1.29 is 4.74 Å². The highest BCUT2D eigenvalue weighted by molar-refractivity contribution is 5.20. The molecule has 3 unspecified atom stereocenters. The fourth-order valence-corrected chi connectivity index (χ4v) is 2.31. The molecule has 1 aliphatic rings. The number of hydrogen-bond acceptors (Lipinski definition) is 3. The van der Waals surface area contributed by atoms with E-state index in [1.54, 1.807) is 0 Å². The van der Waals surface area contributed by atoms with Gasteiger partial charge in [-0.15, -0.1) is 0 Å². The molecule has 15 heavy (non-hydrogen) atoms. The monoisotopic (exact) mass is 206 g/mol. The van der Waals surface area contributed by atoms with Crippen LogP contribution >= 0.6 is 0 Å². The third-order valence-corrected chi connectivity index (χ3v) is 3.20. The Kier molecular flexibility index (Phi) is 3.36. The highest BCUT2D eigenvalue weighted by Gasteiger charge is 2.31. The molecule has 1 aromatic rings. The van der Waals surface area contributed by atoms with Crippen LogP contribution in [0, 0.1) is 5.92 Å². The summed E-state index contributed by atoms with van der Waals surface area (Å²) in [5, 5.41) is 0. The molecule has 3 nitrogen and oxygen atoms in total. The van der Waals surface area contributed by atoms with Gasteiger partial charge in [0, 0.05) is 12.5 Å². The van der Waals surface area contributed by atoms with Crippen molar-refractivity contribution in [3.05, 3.63) is 35.9 Å². The Balaban J connectivity index is 2.17. The van der Waals surface area contributed by atoms with Crippen LogP contribution in [0.2, 0.25) is 0 Å². The van der Waals surface area contributed by atoms with E-state index in [0.717, 1.165) is 13.0 Å². The molecule has 0 aliphatic carbocycles. The third-order valence-electron chi connectivity index (χ3n) is 3.20. The van der Waals surface area contributed by atoms with Crippen LogP contribution in [-0.4, -0.2) is 12.7 Å². The average molecular weight is 206 g/mol. The second kappa shape index (κ2) is 4.75. The Morgan fingerprint density at radius 2 is 2.13 bits per heavy atom. The van der Waals surface area contributed by atoms with Gasteiger partial charge in [0.05, 0.1) is 12.1 Å². The zero-order valence-electron chi connectivity index (χ0n) is 9.02. The van der Waals surface area contributed by atoms with Crippen molar-refractivity contribution in [2.75, 3.05) is 6.61 Å². The van der Waals surface area contributed by atoms with Crippen LogP contribution in [0.3, 0.4) is 0 Å². The lowest BCUT2D eigenvalue weighted by Crippen LogP contribution is -2.36. The first-order valence-electron chi connectivity index (χ1n) is 5.45. The summed E-state index contributed by atoms with van der Waals surface area (Å²) in [5.41, 5.74) is 4.15. The zero-order valence-corrected chi connectivity index (χ0v) is 9.02. The summed E-state index contributed by atoms with van der Waals surface area (Å²) in [6, 6.07) is 10.5. The fourth-order valence-electron chi connectivity index (χ4n) is 2.31. The molecule has 2 rings (SSSR count). The lowest BCUT2D eigenvalue weighted by Gasteiger charge is -2.25. The van der Waals surface area contributed by atoms with Gasteiger partial charge in [-0.3, -0.25) is 11.3 Å². The van der Waals surface area contributed by atoms with Crippen molar-refractivity contribution in [1.82, 2.24) is 5.43 Å². The minimum atomic E-state index is 0.198. The Morgan fingerprint density at radius 1 is 1.40 bits per heavy atom. The maximum atomic E-state index is 5.64. The molecule has 3 heteroatoms. The first kappa shape index (κ1) is 10.6. The van der Waals surface area contributed by atoms with E-state index in [-0.39, 0.29) is 12.1 Å². The van der Waals surface area contributed by atoms with Crippen LogP contribution in [0.25, 0.3) is 0 Å². The number of hydrazine groups is 1. The van der Waals surface area contributed by atoms with Crippen molar-refractivity contribution in [1.29, 1.82) is 0 Å².